The van der Waals surface area contributed by atoms with Crippen LogP contribution in [0.25, 0.3) is 0 Å². The first-order valence-corrected chi connectivity index (χ1v) is 6.70. The molecular formula is C13H24N2O3. The molecule has 1 aliphatic rings. The fourth-order valence-electron chi connectivity index (χ4n) is 2.06. The van der Waals surface area contributed by atoms with E-state index >= 15 is 0 Å². The lowest BCUT2D eigenvalue weighted by Gasteiger charge is -2.18. The van der Waals surface area contributed by atoms with Gasteiger partial charge >= 0.3 is 5.97 Å². The molecule has 104 valence electrons. The van der Waals surface area contributed by atoms with Crippen LogP contribution >= 0.6 is 0 Å². The zero-order valence-corrected chi connectivity index (χ0v) is 11.5. The predicted octanol–water partition coefficient (Wildman–Crippen LogP) is 0.536. The molecule has 1 fully saturated rings. The van der Waals surface area contributed by atoms with E-state index in [0.29, 0.717) is 19.6 Å². The van der Waals surface area contributed by atoms with Crippen molar-refractivity contribution in [2.75, 3.05) is 46.4 Å². The van der Waals surface area contributed by atoms with Crippen LogP contribution in [0.4, 0.5) is 0 Å². The van der Waals surface area contributed by atoms with Crippen molar-refractivity contribution < 1.29 is 14.3 Å². The fraction of sp³-hybridized carbons (Fsp3) is 0.846. The zero-order chi connectivity index (χ0) is 13.4. The molecule has 1 aliphatic heterocycles. The standard InChI is InChI=1S/C13H24N2O3/c1-3-18-13(17)6-5-12(16)11-15-8-4-7-14(2)9-10-15/h3-11H2,1-2H3. The van der Waals surface area contributed by atoms with Gasteiger partial charge in [-0.1, -0.05) is 0 Å². The van der Waals surface area contributed by atoms with Gasteiger partial charge in [0.25, 0.3) is 0 Å². The molecule has 5 nitrogen and oxygen atoms in total. The second kappa shape index (κ2) is 8.21. The minimum atomic E-state index is -0.276. The number of ether oxygens (including phenoxy) is 1. The Labute approximate surface area is 109 Å². The third kappa shape index (κ3) is 6.12. The molecule has 0 N–H and O–H groups in total. The highest BCUT2D eigenvalue weighted by molar-refractivity contribution is 5.84. The normalized spacial score (nSPS) is 18.3. The Bertz CT molecular complexity index is 281. The molecule has 0 atom stereocenters. The molecule has 0 aromatic carbocycles. The molecule has 0 amide bonds. The highest BCUT2D eigenvalue weighted by Crippen LogP contribution is 2.03. The second-order valence-corrected chi connectivity index (χ2v) is 4.78. The van der Waals surface area contributed by atoms with Gasteiger partial charge in [0.2, 0.25) is 0 Å². The summed E-state index contributed by atoms with van der Waals surface area (Å²) in [6.07, 6.45) is 1.60. The molecule has 0 unspecified atom stereocenters. The number of esters is 1. The quantitative estimate of drug-likeness (QED) is 0.649. The maximum atomic E-state index is 11.8. The number of hydrogen-bond acceptors (Lipinski definition) is 5. The third-order valence-corrected chi connectivity index (χ3v) is 3.13. The highest BCUT2D eigenvalue weighted by Gasteiger charge is 2.15. The Morgan fingerprint density at radius 3 is 2.61 bits per heavy atom. The Morgan fingerprint density at radius 2 is 1.89 bits per heavy atom. The summed E-state index contributed by atoms with van der Waals surface area (Å²) in [4.78, 5) is 27.4. The van der Waals surface area contributed by atoms with Gasteiger partial charge < -0.3 is 9.64 Å². The number of rotatable bonds is 6. The van der Waals surface area contributed by atoms with E-state index in [9.17, 15) is 9.59 Å². The largest absolute Gasteiger partial charge is 0.466 e. The molecule has 0 saturated carbocycles. The van der Waals surface area contributed by atoms with E-state index in [1.54, 1.807) is 6.92 Å². The van der Waals surface area contributed by atoms with Gasteiger partial charge in [-0.15, -0.1) is 0 Å². The van der Waals surface area contributed by atoms with E-state index in [0.717, 1.165) is 32.6 Å². The van der Waals surface area contributed by atoms with Crippen molar-refractivity contribution in [3.05, 3.63) is 0 Å². The van der Waals surface area contributed by atoms with Gasteiger partial charge in [-0.3, -0.25) is 14.5 Å². The Morgan fingerprint density at radius 1 is 1.11 bits per heavy atom. The summed E-state index contributed by atoms with van der Waals surface area (Å²) in [7, 11) is 2.10. The number of carbonyl (C=O) groups excluding carboxylic acids is 2. The number of hydrogen-bond donors (Lipinski definition) is 0. The van der Waals surface area contributed by atoms with E-state index < -0.39 is 0 Å². The maximum absolute atomic E-state index is 11.8. The van der Waals surface area contributed by atoms with Gasteiger partial charge in [0, 0.05) is 19.5 Å². The molecular weight excluding hydrogens is 232 g/mol. The van der Waals surface area contributed by atoms with Crippen molar-refractivity contribution in [3.8, 4) is 0 Å². The van der Waals surface area contributed by atoms with Crippen LogP contribution in [0, 0.1) is 0 Å². The lowest BCUT2D eigenvalue weighted by molar-refractivity contribution is -0.144. The summed E-state index contributed by atoms with van der Waals surface area (Å²) in [5.41, 5.74) is 0. The number of nitrogens with zero attached hydrogens (tertiary/aromatic N) is 2. The smallest absolute Gasteiger partial charge is 0.306 e. The van der Waals surface area contributed by atoms with Crippen LogP contribution < -0.4 is 0 Å². The summed E-state index contributed by atoms with van der Waals surface area (Å²) in [5, 5.41) is 0. The van der Waals surface area contributed by atoms with Crippen LogP contribution in [-0.2, 0) is 14.3 Å². The maximum Gasteiger partial charge on any atom is 0.306 e. The molecule has 0 radical (unpaired) electrons. The molecule has 1 saturated heterocycles. The molecule has 0 aromatic rings. The first kappa shape index (κ1) is 15.1. The highest BCUT2D eigenvalue weighted by atomic mass is 16.5. The lowest BCUT2D eigenvalue weighted by atomic mass is 10.2. The Balaban J connectivity index is 2.20. The number of likely N-dealkylation sites (N-methyl/N-ethyl adjacent to an activating group) is 1. The van der Waals surface area contributed by atoms with Crippen molar-refractivity contribution in [2.45, 2.75) is 26.2 Å². The second-order valence-electron chi connectivity index (χ2n) is 4.78. The molecule has 1 heterocycles. The van der Waals surface area contributed by atoms with Crippen LogP contribution in [0.5, 0.6) is 0 Å². The first-order valence-electron chi connectivity index (χ1n) is 6.70. The first-order chi connectivity index (χ1) is 8.61. The SMILES string of the molecule is CCOC(=O)CCC(=O)CN1CCCN(C)CC1. The van der Waals surface area contributed by atoms with E-state index in [4.69, 9.17) is 4.74 Å². The van der Waals surface area contributed by atoms with Gasteiger partial charge in [0.05, 0.1) is 19.6 Å². The van der Waals surface area contributed by atoms with Gasteiger partial charge in [-0.05, 0) is 33.5 Å². The monoisotopic (exact) mass is 256 g/mol. The van der Waals surface area contributed by atoms with Crippen LogP contribution in [0.3, 0.4) is 0 Å². The zero-order valence-electron chi connectivity index (χ0n) is 11.5. The number of carbonyl (C=O) groups is 2. The van der Waals surface area contributed by atoms with Crippen molar-refractivity contribution in [2.24, 2.45) is 0 Å². The van der Waals surface area contributed by atoms with Crippen LogP contribution in [0.1, 0.15) is 26.2 Å². The van der Waals surface area contributed by atoms with Gasteiger partial charge in [-0.25, -0.2) is 0 Å². The minimum absolute atomic E-state index is 0.132. The molecule has 0 bridgehead atoms. The summed E-state index contributed by atoms with van der Waals surface area (Å²) in [6, 6.07) is 0. The predicted molar refractivity (Wildman–Crippen MR) is 69.4 cm³/mol. The van der Waals surface area contributed by atoms with Gasteiger partial charge in [0.1, 0.15) is 5.78 Å². The fourth-order valence-corrected chi connectivity index (χ4v) is 2.06. The number of Topliss-reactive ketones (excluding diaryl/α,β-unsaturated/α-hetero) is 1. The van der Waals surface area contributed by atoms with Crippen molar-refractivity contribution >= 4 is 11.8 Å². The minimum Gasteiger partial charge on any atom is -0.466 e. The summed E-state index contributed by atoms with van der Waals surface area (Å²) < 4.78 is 4.80. The van der Waals surface area contributed by atoms with Crippen molar-refractivity contribution in [1.29, 1.82) is 0 Å². The molecule has 0 aromatic heterocycles. The van der Waals surface area contributed by atoms with Gasteiger partial charge in [0.15, 0.2) is 0 Å². The Hall–Kier alpha value is -0.940. The van der Waals surface area contributed by atoms with Crippen LogP contribution in [-0.4, -0.2) is 67.9 Å². The van der Waals surface area contributed by atoms with Crippen molar-refractivity contribution in [1.82, 2.24) is 9.80 Å². The van der Waals surface area contributed by atoms with Crippen molar-refractivity contribution in [3.63, 3.8) is 0 Å². The number of ketones is 1. The van der Waals surface area contributed by atoms with E-state index in [-0.39, 0.29) is 18.2 Å². The van der Waals surface area contributed by atoms with E-state index in [2.05, 4.69) is 16.8 Å². The third-order valence-electron chi connectivity index (χ3n) is 3.13. The average molecular weight is 256 g/mol. The summed E-state index contributed by atoms with van der Waals surface area (Å²) in [6.45, 7) is 6.61. The molecule has 0 aliphatic carbocycles. The molecule has 0 spiro atoms. The topological polar surface area (TPSA) is 49.9 Å². The summed E-state index contributed by atoms with van der Waals surface area (Å²) >= 11 is 0. The van der Waals surface area contributed by atoms with Crippen LogP contribution in [0.2, 0.25) is 0 Å². The lowest BCUT2D eigenvalue weighted by Crippen LogP contribution is -2.33. The Kier molecular flexibility index (Phi) is 6.90. The van der Waals surface area contributed by atoms with E-state index in [1.807, 2.05) is 0 Å². The molecule has 18 heavy (non-hydrogen) atoms. The average Bonchev–Trinajstić information content (AvgIpc) is 2.52. The van der Waals surface area contributed by atoms with Gasteiger partial charge in [-0.2, -0.15) is 0 Å². The molecule has 5 heteroatoms. The summed E-state index contributed by atoms with van der Waals surface area (Å²) in [5.74, 6) is -0.144. The van der Waals surface area contributed by atoms with Crippen LogP contribution in [0.15, 0.2) is 0 Å². The van der Waals surface area contributed by atoms with E-state index in [1.165, 1.54) is 0 Å². The molecule has 1 rings (SSSR count).